The van der Waals surface area contributed by atoms with Crippen LogP contribution in [0.2, 0.25) is 0 Å². The molecule has 1 N–H and O–H groups in total. The monoisotopic (exact) mass is 351 g/mol. The number of carbonyl (C=O) groups is 1. The maximum absolute atomic E-state index is 12.2. The van der Waals surface area contributed by atoms with Gasteiger partial charge >= 0.3 is 18.6 Å². The van der Waals surface area contributed by atoms with Crippen molar-refractivity contribution in [1.29, 1.82) is 0 Å². The molecule has 3 nitrogen and oxygen atoms in total. The number of hydrogen-bond acceptors (Lipinski definition) is 2. The number of hydrogen-bond donors (Lipinski definition) is 1. The summed E-state index contributed by atoms with van der Waals surface area (Å²) in [6.45, 7) is -1.07. The second-order valence-electron chi connectivity index (χ2n) is 5.41. The van der Waals surface area contributed by atoms with Gasteiger partial charge in [-0.05, 0) is 12.8 Å². The number of carboxylic acids is 1. The fourth-order valence-electron chi connectivity index (χ4n) is 2.18. The smallest absolute Gasteiger partial charge is 0.467 e. The third-order valence-electron chi connectivity index (χ3n) is 3.38. The molecule has 0 aromatic heterocycles. The van der Waals surface area contributed by atoms with Crippen LogP contribution in [0.1, 0.15) is 64.2 Å². The van der Waals surface area contributed by atoms with Gasteiger partial charge in [0.25, 0.3) is 0 Å². The summed E-state index contributed by atoms with van der Waals surface area (Å²) in [6.07, 6.45) is -5.03. The van der Waals surface area contributed by atoms with Gasteiger partial charge < -0.3 is 5.11 Å². The van der Waals surface area contributed by atoms with Crippen LogP contribution in [0.4, 0.5) is 26.3 Å². The largest absolute Gasteiger partial charge is 0.481 e. The first-order chi connectivity index (χ1) is 10.5. The van der Waals surface area contributed by atoms with Crippen molar-refractivity contribution in [2.45, 2.75) is 76.8 Å². The summed E-state index contributed by atoms with van der Waals surface area (Å²) in [5.74, 6) is -0.822. The van der Waals surface area contributed by atoms with Gasteiger partial charge in [0.15, 0.2) is 0 Å². The van der Waals surface area contributed by atoms with E-state index >= 15 is 0 Å². The lowest BCUT2D eigenvalue weighted by Gasteiger charge is -2.26. The number of alkyl halides is 6. The highest BCUT2D eigenvalue weighted by molar-refractivity contribution is 5.66. The van der Waals surface area contributed by atoms with Gasteiger partial charge in [0.1, 0.15) is 0 Å². The Morgan fingerprint density at radius 2 is 1.04 bits per heavy atom. The number of carboxylic acid groups (broad SMARTS) is 1. The topological polar surface area (TPSA) is 40.5 Å². The highest BCUT2D eigenvalue weighted by atomic mass is 19.4. The van der Waals surface area contributed by atoms with E-state index in [1.54, 1.807) is 0 Å². The summed E-state index contributed by atoms with van der Waals surface area (Å²) < 4.78 is 73.3. The van der Waals surface area contributed by atoms with Crippen molar-refractivity contribution in [3.8, 4) is 0 Å². The lowest BCUT2D eigenvalue weighted by molar-refractivity contribution is -0.372. The third kappa shape index (κ3) is 12.1. The maximum Gasteiger partial charge on any atom is 0.467 e. The lowest BCUT2D eigenvalue weighted by atomic mass is 10.1. The van der Waals surface area contributed by atoms with Crippen molar-refractivity contribution in [1.82, 2.24) is 4.90 Å². The zero-order valence-electron chi connectivity index (χ0n) is 12.8. The predicted molar refractivity (Wildman–Crippen MR) is 72.6 cm³/mol. The van der Waals surface area contributed by atoms with Crippen LogP contribution < -0.4 is 0 Å². The molecule has 0 radical (unpaired) electrons. The van der Waals surface area contributed by atoms with Crippen LogP contribution in [0.5, 0.6) is 0 Å². The van der Waals surface area contributed by atoms with Crippen LogP contribution in [0.15, 0.2) is 0 Å². The van der Waals surface area contributed by atoms with Gasteiger partial charge in [-0.2, -0.15) is 26.3 Å². The normalized spacial score (nSPS) is 12.8. The molecular weight excluding hydrogens is 328 g/mol. The average Bonchev–Trinajstić information content (AvgIpc) is 2.36. The van der Waals surface area contributed by atoms with Crippen LogP contribution >= 0.6 is 0 Å². The summed E-state index contributed by atoms with van der Waals surface area (Å²) in [6, 6.07) is 0. The minimum atomic E-state index is -5.39. The number of nitrogens with zero attached hydrogens (tertiary/aromatic N) is 1. The molecule has 0 aromatic rings. The van der Waals surface area contributed by atoms with Gasteiger partial charge in [-0.3, -0.25) is 4.79 Å². The van der Waals surface area contributed by atoms with E-state index < -0.39 is 30.0 Å². The molecule has 0 aliphatic rings. The summed E-state index contributed by atoms with van der Waals surface area (Å²) >= 11 is 0. The van der Waals surface area contributed by atoms with E-state index in [4.69, 9.17) is 5.11 Å². The van der Waals surface area contributed by atoms with Gasteiger partial charge in [0.05, 0.1) is 0 Å². The van der Waals surface area contributed by atoms with Gasteiger partial charge in [-0.25, -0.2) is 0 Å². The Bertz CT molecular complexity index is 316. The first-order valence-corrected chi connectivity index (χ1v) is 7.68. The maximum atomic E-state index is 12.2. The third-order valence-corrected chi connectivity index (χ3v) is 3.38. The molecule has 0 fully saturated rings. The Morgan fingerprint density at radius 1 is 0.696 bits per heavy atom. The van der Waals surface area contributed by atoms with E-state index in [-0.39, 0.29) is 12.8 Å². The van der Waals surface area contributed by atoms with Crippen LogP contribution in [0.25, 0.3) is 0 Å². The molecule has 9 heteroatoms. The summed E-state index contributed by atoms with van der Waals surface area (Å²) in [7, 11) is 0. The average molecular weight is 351 g/mol. The Kier molecular flexibility index (Phi) is 10.3. The van der Waals surface area contributed by atoms with Crippen molar-refractivity contribution < 1.29 is 36.2 Å². The Balaban J connectivity index is 3.60. The second-order valence-corrected chi connectivity index (χ2v) is 5.41. The Labute approximate surface area is 131 Å². The van der Waals surface area contributed by atoms with Crippen molar-refractivity contribution >= 4 is 5.97 Å². The number of rotatable bonds is 12. The van der Waals surface area contributed by atoms with E-state index in [2.05, 4.69) is 0 Å². The Hall–Kier alpha value is -0.990. The van der Waals surface area contributed by atoms with Crippen molar-refractivity contribution in [2.75, 3.05) is 6.54 Å². The molecule has 23 heavy (non-hydrogen) atoms. The van der Waals surface area contributed by atoms with Crippen LogP contribution in [0.3, 0.4) is 0 Å². The first kappa shape index (κ1) is 22.0. The molecule has 0 saturated carbocycles. The van der Waals surface area contributed by atoms with E-state index in [1.165, 1.54) is 0 Å². The van der Waals surface area contributed by atoms with E-state index in [0.29, 0.717) is 19.3 Å². The zero-order valence-corrected chi connectivity index (χ0v) is 12.8. The van der Waals surface area contributed by atoms with Gasteiger partial charge in [-0.15, -0.1) is 4.90 Å². The van der Waals surface area contributed by atoms with E-state index in [1.807, 2.05) is 0 Å². The van der Waals surface area contributed by atoms with Crippen molar-refractivity contribution in [3.05, 3.63) is 0 Å². The molecular formula is C14H23F6NO2. The summed E-state index contributed by atoms with van der Waals surface area (Å²) in [5, 5.41) is 8.43. The summed E-state index contributed by atoms with van der Waals surface area (Å²) in [5.41, 5.74) is 0. The molecule has 0 atom stereocenters. The summed E-state index contributed by atoms with van der Waals surface area (Å²) in [4.78, 5) is 8.88. The fourth-order valence-corrected chi connectivity index (χ4v) is 2.18. The minimum Gasteiger partial charge on any atom is -0.481 e. The molecule has 0 aliphatic heterocycles. The highest BCUT2D eigenvalue weighted by Gasteiger charge is 2.53. The SMILES string of the molecule is O=C(O)CCCCCCCCCCCN(C(F)(F)F)C(F)(F)F. The van der Waals surface area contributed by atoms with Crippen LogP contribution in [0, 0.1) is 0 Å². The number of aliphatic carboxylic acids is 1. The molecule has 0 amide bonds. The standard InChI is InChI=1S/C14H23F6NO2/c15-13(16,17)21(14(18,19)20)11-9-7-5-3-1-2-4-6-8-10-12(22)23/h1-11H2,(H,22,23). The van der Waals surface area contributed by atoms with Crippen LogP contribution in [-0.4, -0.2) is 35.1 Å². The molecule has 0 heterocycles. The quantitative estimate of drug-likeness (QED) is 0.294. The lowest BCUT2D eigenvalue weighted by Crippen LogP contribution is -2.48. The van der Waals surface area contributed by atoms with Gasteiger partial charge in [-0.1, -0.05) is 44.9 Å². The van der Waals surface area contributed by atoms with E-state index in [9.17, 15) is 31.1 Å². The van der Waals surface area contributed by atoms with Crippen LogP contribution in [-0.2, 0) is 4.79 Å². The molecule has 138 valence electrons. The molecule has 0 saturated heterocycles. The number of unbranched alkanes of at least 4 members (excludes halogenated alkanes) is 8. The fraction of sp³-hybridized carbons (Fsp3) is 0.929. The second kappa shape index (κ2) is 10.7. The van der Waals surface area contributed by atoms with E-state index in [0.717, 1.165) is 32.1 Å². The first-order valence-electron chi connectivity index (χ1n) is 7.68. The molecule has 0 spiro atoms. The molecule has 0 bridgehead atoms. The molecule has 0 rings (SSSR count). The molecule has 0 aliphatic carbocycles. The Morgan fingerprint density at radius 3 is 1.39 bits per heavy atom. The molecule has 0 aromatic carbocycles. The minimum absolute atomic E-state index is 0.148. The van der Waals surface area contributed by atoms with Gasteiger partial charge in [0, 0.05) is 13.0 Å². The number of halogens is 6. The predicted octanol–water partition coefficient (Wildman–Crippen LogP) is 5.31. The zero-order chi connectivity index (χ0) is 17.9. The highest BCUT2D eigenvalue weighted by Crippen LogP contribution is 2.33. The van der Waals surface area contributed by atoms with Crippen molar-refractivity contribution in [2.24, 2.45) is 0 Å². The van der Waals surface area contributed by atoms with Crippen molar-refractivity contribution in [3.63, 3.8) is 0 Å². The molecule has 0 unspecified atom stereocenters. The van der Waals surface area contributed by atoms with Gasteiger partial charge in [0.2, 0.25) is 0 Å².